The van der Waals surface area contributed by atoms with Gasteiger partial charge in [0.1, 0.15) is 0 Å². The molecule has 0 radical (unpaired) electrons. The van der Waals surface area contributed by atoms with Gasteiger partial charge in [-0.2, -0.15) is 4.68 Å². The minimum absolute atomic E-state index is 0.246. The van der Waals surface area contributed by atoms with Crippen molar-refractivity contribution < 1.29 is 0 Å². The molecule has 0 bridgehead atoms. The van der Waals surface area contributed by atoms with Crippen molar-refractivity contribution in [2.45, 2.75) is 25.9 Å². The van der Waals surface area contributed by atoms with Crippen LogP contribution in [0.15, 0.2) is 30.3 Å². The van der Waals surface area contributed by atoms with Crippen LogP contribution in [0.1, 0.15) is 19.2 Å². The number of benzene rings is 1. The van der Waals surface area contributed by atoms with Crippen LogP contribution in [-0.4, -0.2) is 26.2 Å². The second kappa shape index (κ2) is 5.94. The highest BCUT2D eigenvalue weighted by atomic mass is 15.5. The first-order chi connectivity index (χ1) is 8.81. The zero-order chi connectivity index (χ0) is 12.8. The van der Waals surface area contributed by atoms with Crippen molar-refractivity contribution >= 4 is 0 Å². The number of para-hydroxylation sites is 1. The molecule has 2 aromatic rings. The Bertz CT molecular complexity index is 526. The van der Waals surface area contributed by atoms with Gasteiger partial charge in [-0.25, -0.2) is 0 Å². The molecule has 0 aliphatic heterocycles. The van der Waals surface area contributed by atoms with Crippen LogP contribution in [0.4, 0.5) is 0 Å². The molecule has 0 saturated carbocycles. The van der Waals surface area contributed by atoms with Crippen LogP contribution in [0, 0.1) is 12.3 Å². The zero-order valence-corrected chi connectivity index (χ0v) is 10.2. The zero-order valence-electron chi connectivity index (χ0n) is 10.2. The predicted octanol–water partition coefficient (Wildman–Crippen LogP) is 1.16. The molecule has 1 aromatic carbocycles. The highest BCUT2D eigenvalue weighted by molar-refractivity contribution is 5.30. The molecule has 5 heteroatoms. The summed E-state index contributed by atoms with van der Waals surface area (Å²) in [5, 5.41) is 15.0. The van der Waals surface area contributed by atoms with Gasteiger partial charge in [0.05, 0.1) is 12.2 Å². The maximum atomic E-state index is 5.26. The Morgan fingerprint density at radius 2 is 2.17 bits per heavy atom. The Morgan fingerprint density at radius 1 is 1.39 bits per heavy atom. The molecule has 92 valence electrons. The Balaban J connectivity index is 2.07. The average Bonchev–Trinajstić information content (AvgIpc) is 2.86. The molecule has 1 unspecified atom stereocenters. The van der Waals surface area contributed by atoms with Crippen molar-refractivity contribution in [3.05, 3.63) is 36.2 Å². The lowest BCUT2D eigenvalue weighted by atomic mass is 10.2. The second-order valence-corrected chi connectivity index (χ2v) is 4.03. The number of hydrogen-bond acceptors (Lipinski definition) is 4. The van der Waals surface area contributed by atoms with Crippen LogP contribution in [0.3, 0.4) is 0 Å². The summed E-state index contributed by atoms with van der Waals surface area (Å²) < 4.78 is 1.72. The molecule has 0 saturated heterocycles. The van der Waals surface area contributed by atoms with Gasteiger partial charge in [0.15, 0.2) is 5.82 Å². The van der Waals surface area contributed by atoms with Crippen molar-refractivity contribution in [2.24, 2.45) is 0 Å². The number of nitrogens with one attached hydrogen (secondary N) is 1. The average molecular weight is 241 g/mol. The normalized spacial score (nSPS) is 12.0. The SMILES string of the molecule is C#CCC(C)NCc1nnnn1-c1ccccc1. The summed E-state index contributed by atoms with van der Waals surface area (Å²) in [5.74, 6) is 3.39. The van der Waals surface area contributed by atoms with E-state index in [4.69, 9.17) is 6.42 Å². The topological polar surface area (TPSA) is 55.6 Å². The second-order valence-electron chi connectivity index (χ2n) is 4.03. The van der Waals surface area contributed by atoms with Gasteiger partial charge < -0.3 is 5.32 Å². The van der Waals surface area contributed by atoms with E-state index in [9.17, 15) is 0 Å². The van der Waals surface area contributed by atoms with Crippen molar-refractivity contribution in [3.63, 3.8) is 0 Å². The molecule has 0 aliphatic carbocycles. The standard InChI is InChI=1S/C13H15N5/c1-3-7-11(2)14-10-13-15-16-17-18(13)12-8-5-4-6-9-12/h1,4-6,8-9,11,14H,7,10H2,2H3. The summed E-state index contributed by atoms with van der Waals surface area (Å²) in [4.78, 5) is 0. The first kappa shape index (κ1) is 12.3. The quantitative estimate of drug-likeness (QED) is 0.798. The molecular weight excluding hydrogens is 226 g/mol. The molecule has 0 spiro atoms. The third-order valence-electron chi connectivity index (χ3n) is 2.57. The number of hydrogen-bond donors (Lipinski definition) is 1. The number of aromatic nitrogens is 4. The van der Waals surface area contributed by atoms with Gasteiger partial charge in [0.25, 0.3) is 0 Å². The molecule has 1 atom stereocenters. The molecule has 0 amide bonds. The molecule has 18 heavy (non-hydrogen) atoms. The molecule has 5 nitrogen and oxygen atoms in total. The number of terminal acetylenes is 1. The predicted molar refractivity (Wildman–Crippen MR) is 68.9 cm³/mol. The summed E-state index contributed by atoms with van der Waals surface area (Å²) in [6, 6.07) is 10.0. The lowest BCUT2D eigenvalue weighted by Crippen LogP contribution is -2.26. The largest absolute Gasteiger partial charge is 0.306 e. The van der Waals surface area contributed by atoms with Gasteiger partial charge in [0, 0.05) is 12.5 Å². The van der Waals surface area contributed by atoms with E-state index in [1.54, 1.807) is 4.68 Å². The third-order valence-corrected chi connectivity index (χ3v) is 2.57. The Labute approximate surface area is 106 Å². The van der Waals surface area contributed by atoms with Crippen LogP contribution in [-0.2, 0) is 6.54 Å². The summed E-state index contributed by atoms with van der Waals surface area (Å²) in [6.07, 6.45) is 5.95. The summed E-state index contributed by atoms with van der Waals surface area (Å²) in [5.41, 5.74) is 0.948. The van der Waals surface area contributed by atoms with Crippen molar-refractivity contribution in [1.82, 2.24) is 25.5 Å². The van der Waals surface area contributed by atoms with Crippen molar-refractivity contribution in [1.29, 1.82) is 0 Å². The van der Waals surface area contributed by atoms with Crippen LogP contribution in [0.2, 0.25) is 0 Å². The Hall–Kier alpha value is -2.19. The van der Waals surface area contributed by atoms with Crippen LogP contribution in [0.25, 0.3) is 5.69 Å². The van der Waals surface area contributed by atoms with E-state index < -0.39 is 0 Å². The minimum atomic E-state index is 0.246. The molecule has 0 fully saturated rings. The first-order valence-corrected chi connectivity index (χ1v) is 5.81. The molecule has 2 rings (SSSR count). The van der Waals surface area contributed by atoms with Gasteiger partial charge in [-0.05, 0) is 29.5 Å². The minimum Gasteiger partial charge on any atom is -0.306 e. The van der Waals surface area contributed by atoms with Crippen molar-refractivity contribution in [2.75, 3.05) is 0 Å². The Kier molecular flexibility index (Phi) is 4.05. The van der Waals surface area contributed by atoms with E-state index in [0.717, 1.165) is 11.5 Å². The fourth-order valence-corrected chi connectivity index (χ4v) is 1.60. The van der Waals surface area contributed by atoms with E-state index >= 15 is 0 Å². The van der Waals surface area contributed by atoms with Gasteiger partial charge in [-0.15, -0.1) is 17.4 Å². The van der Waals surface area contributed by atoms with Crippen LogP contribution in [0.5, 0.6) is 0 Å². The molecule has 1 heterocycles. The summed E-state index contributed by atoms with van der Waals surface area (Å²) >= 11 is 0. The van der Waals surface area contributed by atoms with Crippen molar-refractivity contribution in [3.8, 4) is 18.0 Å². The van der Waals surface area contributed by atoms with Gasteiger partial charge in [-0.3, -0.25) is 0 Å². The lowest BCUT2D eigenvalue weighted by molar-refractivity contribution is 0.538. The molecule has 1 aromatic heterocycles. The fraction of sp³-hybridized carbons (Fsp3) is 0.308. The number of tetrazole rings is 1. The van der Waals surface area contributed by atoms with E-state index in [0.29, 0.717) is 13.0 Å². The summed E-state index contributed by atoms with van der Waals surface area (Å²) in [7, 11) is 0. The smallest absolute Gasteiger partial charge is 0.170 e. The van der Waals surface area contributed by atoms with E-state index in [2.05, 4.69) is 26.8 Å². The highest BCUT2D eigenvalue weighted by Crippen LogP contribution is 2.06. The molecular formula is C13H15N5. The van der Waals surface area contributed by atoms with Gasteiger partial charge in [-0.1, -0.05) is 18.2 Å². The molecule has 1 N–H and O–H groups in total. The third kappa shape index (κ3) is 2.93. The lowest BCUT2D eigenvalue weighted by Gasteiger charge is -2.10. The summed E-state index contributed by atoms with van der Waals surface area (Å²) in [6.45, 7) is 2.63. The van der Waals surface area contributed by atoms with Gasteiger partial charge >= 0.3 is 0 Å². The van der Waals surface area contributed by atoms with Gasteiger partial charge in [0.2, 0.25) is 0 Å². The van der Waals surface area contributed by atoms with E-state index in [-0.39, 0.29) is 6.04 Å². The van der Waals surface area contributed by atoms with Crippen LogP contribution >= 0.6 is 0 Å². The fourth-order valence-electron chi connectivity index (χ4n) is 1.60. The van der Waals surface area contributed by atoms with E-state index in [1.807, 2.05) is 37.3 Å². The maximum Gasteiger partial charge on any atom is 0.170 e. The Morgan fingerprint density at radius 3 is 2.89 bits per heavy atom. The maximum absolute atomic E-state index is 5.26. The van der Waals surface area contributed by atoms with E-state index in [1.165, 1.54) is 0 Å². The van der Waals surface area contributed by atoms with Crippen LogP contribution < -0.4 is 5.32 Å². The number of rotatable bonds is 5. The molecule has 0 aliphatic rings. The first-order valence-electron chi connectivity index (χ1n) is 5.81. The monoisotopic (exact) mass is 241 g/mol. The highest BCUT2D eigenvalue weighted by Gasteiger charge is 2.08. The number of nitrogens with zero attached hydrogens (tertiary/aromatic N) is 4.